The molecule has 5 N–H and O–H groups in total. The molecule has 5 aromatic rings. The minimum Gasteiger partial charge on any atom is -0.508 e. The number of amides is 1. The topological polar surface area (TPSA) is 138 Å². The summed E-state index contributed by atoms with van der Waals surface area (Å²) >= 11 is 0. The Morgan fingerprint density at radius 2 is 1.62 bits per heavy atom. The number of benzene rings is 3. The van der Waals surface area contributed by atoms with E-state index in [1.165, 1.54) is 18.3 Å². The number of nitrogens with zero attached hydrogens (tertiary/aromatic N) is 4. The lowest BCUT2D eigenvalue weighted by atomic mass is 10.1. The van der Waals surface area contributed by atoms with Crippen LogP contribution in [0.4, 0.5) is 21.7 Å². The number of carbonyl (C=O) groups is 1. The number of aromatic nitrogens is 3. The molecule has 0 bridgehead atoms. The van der Waals surface area contributed by atoms with Crippen molar-refractivity contribution < 1.29 is 14.3 Å². The maximum absolute atomic E-state index is 14.3. The molecule has 192 valence electrons. The highest BCUT2D eigenvalue weighted by atomic mass is 19.1. The number of hydrazone groups is 1. The van der Waals surface area contributed by atoms with Crippen LogP contribution in [0, 0.1) is 5.82 Å². The molecule has 0 aliphatic rings. The Bertz CT molecular complexity index is 1640. The van der Waals surface area contributed by atoms with Gasteiger partial charge in [-0.15, -0.1) is 0 Å². The number of primary amides is 1. The number of rotatable bonds is 8. The molecule has 2 aromatic heterocycles. The summed E-state index contributed by atoms with van der Waals surface area (Å²) in [4.78, 5) is 23.7. The van der Waals surface area contributed by atoms with Gasteiger partial charge in [-0.25, -0.2) is 19.8 Å². The van der Waals surface area contributed by atoms with Gasteiger partial charge in [0.15, 0.2) is 5.82 Å². The quantitative estimate of drug-likeness (QED) is 0.160. The van der Waals surface area contributed by atoms with Gasteiger partial charge in [0.1, 0.15) is 11.4 Å². The van der Waals surface area contributed by atoms with Crippen LogP contribution in [-0.2, 0) is 0 Å². The van der Waals surface area contributed by atoms with Crippen LogP contribution in [-0.4, -0.2) is 32.2 Å². The van der Waals surface area contributed by atoms with Gasteiger partial charge in [0.05, 0.1) is 30.0 Å². The first-order valence-electron chi connectivity index (χ1n) is 11.8. The Morgan fingerprint density at radius 1 is 0.872 bits per heavy atom. The number of pyridine rings is 1. The summed E-state index contributed by atoms with van der Waals surface area (Å²) in [6.07, 6.45) is 4.20. The number of hydrogen-bond acceptors (Lipinski definition) is 8. The standard InChI is InChI=1S/C29H22FN7O2/c30-26-17-33-29(36-27(26)19-4-6-20(7-5-19)28(31)39)37-34-16-23-12-13-24(15-32-23)35-22-10-8-18(9-11-22)21-2-1-3-25(38)14-21/h1-17,35,38H,(H2,31,39)(H,33,36,37)/b34-16+. The summed E-state index contributed by atoms with van der Waals surface area (Å²) in [6.45, 7) is 0. The van der Waals surface area contributed by atoms with Gasteiger partial charge in [-0.3, -0.25) is 9.78 Å². The summed E-state index contributed by atoms with van der Waals surface area (Å²) < 4.78 is 14.3. The number of anilines is 3. The lowest BCUT2D eigenvalue weighted by Gasteiger charge is -2.08. The zero-order valence-corrected chi connectivity index (χ0v) is 20.4. The van der Waals surface area contributed by atoms with E-state index in [0.29, 0.717) is 16.8 Å². The first-order valence-corrected chi connectivity index (χ1v) is 11.8. The zero-order chi connectivity index (χ0) is 27.2. The second-order valence-electron chi connectivity index (χ2n) is 8.43. The van der Waals surface area contributed by atoms with Crippen LogP contribution in [0.3, 0.4) is 0 Å². The molecule has 0 spiro atoms. The second kappa shape index (κ2) is 11.2. The van der Waals surface area contributed by atoms with Crippen molar-refractivity contribution in [1.29, 1.82) is 0 Å². The number of phenolic OH excluding ortho intramolecular Hbond substituents is 1. The first-order chi connectivity index (χ1) is 18.9. The van der Waals surface area contributed by atoms with Crippen molar-refractivity contribution >= 4 is 29.4 Å². The van der Waals surface area contributed by atoms with Crippen LogP contribution in [0.5, 0.6) is 5.75 Å². The van der Waals surface area contributed by atoms with Crippen molar-refractivity contribution in [3.05, 3.63) is 114 Å². The van der Waals surface area contributed by atoms with E-state index in [4.69, 9.17) is 5.73 Å². The fourth-order valence-electron chi connectivity index (χ4n) is 3.73. The predicted molar refractivity (Wildman–Crippen MR) is 148 cm³/mol. The highest BCUT2D eigenvalue weighted by Crippen LogP contribution is 2.26. The molecule has 0 saturated carbocycles. The van der Waals surface area contributed by atoms with E-state index in [1.807, 2.05) is 36.4 Å². The maximum Gasteiger partial charge on any atom is 0.248 e. The van der Waals surface area contributed by atoms with Gasteiger partial charge in [-0.2, -0.15) is 5.10 Å². The summed E-state index contributed by atoms with van der Waals surface area (Å²) in [6, 6.07) is 24.7. The first kappa shape index (κ1) is 25.0. The molecule has 0 unspecified atom stereocenters. The van der Waals surface area contributed by atoms with Gasteiger partial charge in [-0.05, 0) is 59.7 Å². The van der Waals surface area contributed by atoms with E-state index in [1.54, 1.807) is 42.6 Å². The highest BCUT2D eigenvalue weighted by Gasteiger charge is 2.10. The fraction of sp³-hybridized carbons (Fsp3) is 0. The van der Waals surface area contributed by atoms with Crippen LogP contribution in [0.2, 0.25) is 0 Å². The van der Waals surface area contributed by atoms with Crippen LogP contribution >= 0.6 is 0 Å². The second-order valence-corrected chi connectivity index (χ2v) is 8.43. The molecule has 2 heterocycles. The number of halogens is 1. The minimum absolute atomic E-state index is 0.0576. The summed E-state index contributed by atoms with van der Waals surface area (Å²) in [5.74, 6) is -0.869. The van der Waals surface area contributed by atoms with E-state index in [-0.39, 0.29) is 17.4 Å². The lowest BCUT2D eigenvalue weighted by molar-refractivity contribution is 0.100. The molecule has 0 aliphatic heterocycles. The van der Waals surface area contributed by atoms with Crippen LogP contribution in [0.1, 0.15) is 16.1 Å². The number of phenols is 1. The normalized spacial score (nSPS) is 10.9. The smallest absolute Gasteiger partial charge is 0.248 e. The average molecular weight is 520 g/mol. The molecular formula is C29H22FN7O2. The lowest BCUT2D eigenvalue weighted by Crippen LogP contribution is -2.10. The third-order valence-electron chi connectivity index (χ3n) is 5.69. The van der Waals surface area contributed by atoms with Gasteiger partial charge < -0.3 is 16.2 Å². The Hall–Kier alpha value is -5.64. The van der Waals surface area contributed by atoms with Crippen LogP contribution in [0.25, 0.3) is 22.4 Å². The minimum atomic E-state index is -0.616. The van der Waals surface area contributed by atoms with Gasteiger partial charge in [0.25, 0.3) is 0 Å². The van der Waals surface area contributed by atoms with Crippen molar-refractivity contribution in [3.63, 3.8) is 0 Å². The number of carbonyl (C=O) groups excluding carboxylic acids is 1. The average Bonchev–Trinajstić information content (AvgIpc) is 2.95. The molecule has 10 heteroatoms. The maximum atomic E-state index is 14.3. The molecule has 0 saturated heterocycles. The molecule has 5 rings (SSSR count). The van der Waals surface area contributed by atoms with Crippen molar-refractivity contribution in [2.75, 3.05) is 10.7 Å². The van der Waals surface area contributed by atoms with Gasteiger partial charge in [0.2, 0.25) is 11.9 Å². The molecular weight excluding hydrogens is 497 g/mol. The molecule has 0 atom stereocenters. The third-order valence-corrected chi connectivity index (χ3v) is 5.69. The Labute approximate surface area is 222 Å². The van der Waals surface area contributed by atoms with Gasteiger partial charge >= 0.3 is 0 Å². The van der Waals surface area contributed by atoms with E-state index >= 15 is 0 Å². The Morgan fingerprint density at radius 3 is 2.31 bits per heavy atom. The SMILES string of the molecule is NC(=O)c1ccc(-c2nc(N/N=C/c3ccc(Nc4ccc(-c5cccc(O)c5)cc4)cn3)ncc2F)cc1. The Kier molecular flexibility index (Phi) is 7.17. The molecule has 9 nitrogen and oxygen atoms in total. The van der Waals surface area contributed by atoms with E-state index in [0.717, 1.165) is 28.7 Å². The molecule has 1 amide bonds. The Balaban J connectivity index is 1.20. The van der Waals surface area contributed by atoms with Crippen LogP contribution in [0.15, 0.2) is 102 Å². The van der Waals surface area contributed by atoms with Crippen molar-refractivity contribution in [1.82, 2.24) is 15.0 Å². The zero-order valence-electron chi connectivity index (χ0n) is 20.4. The number of nitrogens with two attached hydrogens (primary N) is 1. The monoisotopic (exact) mass is 519 g/mol. The molecule has 3 aromatic carbocycles. The van der Waals surface area contributed by atoms with Crippen molar-refractivity contribution in [3.8, 4) is 28.1 Å². The molecule has 0 radical (unpaired) electrons. The molecule has 0 aliphatic carbocycles. The van der Waals surface area contributed by atoms with Gasteiger partial charge in [-0.1, -0.05) is 36.4 Å². The largest absolute Gasteiger partial charge is 0.508 e. The van der Waals surface area contributed by atoms with E-state index in [2.05, 4.69) is 30.8 Å². The molecule has 0 fully saturated rings. The third kappa shape index (κ3) is 6.20. The summed E-state index contributed by atoms with van der Waals surface area (Å²) in [7, 11) is 0. The van der Waals surface area contributed by atoms with E-state index < -0.39 is 11.7 Å². The highest BCUT2D eigenvalue weighted by molar-refractivity contribution is 5.93. The molecule has 39 heavy (non-hydrogen) atoms. The van der Waals surface area contributed by atoms with Crippen molar-refractivity contribution in [2.45, 2.75) is 0 Å². The van der Waals surface area contributed by atoms with Crippen LogP contribution < -0.4 is 16.5 Å². The van der Waals surface area contributed by atoms with E-state index in [9.17, 15) is 14.3 Å². The summed E-state index contributed by atoms with van der Waals surface area (Å²) in [5.41, 5.74) is 12.9. The summed E-state index contributed by atoms with van der Waals surface area (Å²) in [5, 5.41) is 17.1. The van der Waals surface area contributed by atoms with Crippen molar-refractivity contribution in [2.24, 2.45) is 10.8 Å². The predicted octanol–water partition coefficient (Wildman–Crippen LogP) is 5.34. The fourth-order valence-corrected chi connectivity index (χ4v) is 3.73. The number of aromatic hydroxyl groups is 1. The number of nitrogens with one attached hydrogen (secondary N) is 2. The number of hydrogen-bond donors (Lipinski definition) is 4. The van der Waals surface area contributed by atoms with Gasteiger partial charge in [0, 0.05) is 16.8 Å².